The van der Waals surface area contributed by atoms with E-state index in [-0.39, 0.29) is 24.2 Å². The molecular formula is C21H20N6O3S. The lowest BCUT2D eigenvalue weighted by Gasteiger charge is -2.43. The molecule has 0 bridgehead atoms. The molecule has 158 valence electrons. The van der Waals surface area contributed by atoms with E-state index in [1.807, 2.05) is 55.5 Å². The number of hydrogen-bond donors (Lipinski definition) is 0. The molecule has 1 aromatic heterocycles. The topological polar surface area (TPSA) is 93.4 Å². The number of carbonyl (C=O) groups excluding carboxylic acids is 2. The van der Waals surface area contributed by atoms with Crippen LogP contribution >= 0.6 is 11.8 Å². The molecule has 0 saturated heterocycles. The van der Waals surface area contributed by atoms with Crippen molar-refractivity contribution in [3.8, 4) is 0 Å². The smallest absolute Gasteiger partial charge is 0.286 e. The summed E-state index contributed by atoms with van der Waals surface area (Å²) >= 11 is 1.22. The highest BCUT2D eigenvalue weighted by molar-refractivity contribution is 7.99. The van der Waals surface area contributed by atoms with E-state index in [9.17, 15) is 9.59 Å². The predicted octanol–water partition coefficient (Wildman–Crippen LogP) is 2.09. The van der Waals surface area contributed by atoms with Gasteiger partial charge < -0.3 is 9.64 Å². The minimum atomic E-state index is -1.53. The van der Waals surface area contributed by atoms with E-state index in [1.54, 1.807) is 11.9 Å². The summed E-state index contributed by atoms with van der Waals surface area (Å²) < 4.78 is 7.78. The second kappa shape index (κ2) is 7.47. The zero-order chi connectivity index (χ0) is 21.6. The Morgan fingerprint density at radius 1 is 1.16 bits per heavy atom. The maximum absolute atomic E-state index is 13.7. The van der Waals surface area contributed by atoms with Gasteiger partial charge in [-0.2, -0.15) is 0 Å². The van der Waals surface area contributed by atoms with Gasteiger partial charge in [0.1, 0.15) is 0 Å². The number of anilines is 2. The number of likely N-dealkylation sites (N-methyl/N-ethyl adjacent to an activating group) is 1. The first-order valence-electron chi connectivity index (χ1n) is 9.89. The van der Waals surface area contributed by atoms with Crippen LogP contribution in [-0.4, -0.2) is 44.3 Å². The fourth-order valence-corrected chi connectivity index (χ4v) is 4.88. The summed E-state index contributed by atoms with van der Waals surface area (Å²) in [4.78, 5) is 30.6. The summed E-state index contributed by atoms with van der Waals surface area (Å²) in [6.07, 6.45) is 0. The fraction of sp³-hybridized carbons (Fsp3) is 0.286. The normalized spacial score (nSPS) is 19.6. The molecule has 10 heteroatoms. The molecule has 0 saturated carbocycles. The molecule has 2 aliphatic rings. The molecule has 0 radical (unpaired) electrons. The minimum absolute atomic E-state index is 0.0508. The molecular weight excluding hydrogens is 416 g/mol. The Morgan fingerprint density at radius 2 is 1.90 bits per heavy atom. The van der Waals surface area contributed by atoms with Crippen molar-refractivity contribution in [2.75, 3.05) is 22.1 Å². The maximum Gasteiger partial charge on any atom is 0.286 e. The van der Waals surface area contributed by atoms with Crippen LogP contribution in [0.1, 0.15) is 18.1 Å². The second-order valence-corrected chi connectivity index (χ2v) is 8.17. The van der Waals surface area contributed by atoms with Crippen LogP contribution < -0.4 is 9.80 Å². The first-order chi connectivity index (χ1) is 15.1. The predicted molar refractivity (Wildman–Crippen MR) is 114 cm³/mol. The van der Waals surface area contributed by atoms with Crippen LogP contribution in [0.5, 0.6) is 0 Å². The molecule has 2 amide bonds. The Hall–Kier alpha value is -3.24. The fourth-order valence-electron chi connectivity index (χ4n) is 4.18. The van der Waals surface area contributed by atoms with Gasteiger partial charge in [-0.05, 0) is 29.5 Å². The van der Waals surface area contributed by atoms with Gasteiger partial charge >= 0.3 is 0 Å². The average molecular weight is 436 g/mol. The summed E-state index contributed by atoms with van der Waals surface area (Å²) in [5.41, 5.74) is 1.44. The van der Waals surface area contributed by atoms with E-state index in [4.69, 9.17) is 4.74 Å². The van der Waals surface area contributed by atoms with Crippen LogP contribution in [0.3, 0.4) is 0 Å². The van der Waals surface area contributed by atoms with Crippen molar-refractivity contribution in [3.05, 3.63) is 59.7 Å². The Balaban J connectivity index is 1.62. The molecule has 1 atom stereocenters. The van der Waals surface area contributed by atoms with Gasteiger partial charge in [0.15, 0.2) is 0 Å². The zero-order valence-corrected chi connectivity index (χ0v) is 17.9. The average Bonchev–Trinajstić information content (AvgIpc) is 3.31. The number of rotatable bonds is 4. The van der Waals surface area contributed by atoms with Gasteiger partial charge in [-0.1, -0.05) is 48.2 Å². The number of thioether (sulfide) groups is 1. The molecule has 0 N–H and O–H groups in total. The Morgan fingerprint density at radius 3 is 2.65 bits per heavy atom. The molecule has 0 unspecified atom stereocenters. The third kappa shape index (κ3) is 2.86. The lowest BCUT2D eigenvalue weighted by atomic mass is 9.97. The number of fused-ring (bicyclic) bond motifs is 3. The lowest BCUT2D eigenvalue weighted by Crippen LogP contribution is -2.60. The number of carbonyl (C=O) groups is 2. The van der Waals surface area contributed by atoms with E-state index in [0.717, 1.165) is 11.3 Å². The number of aryl methyl sites for hydroxylation is 1. The van der Waals surface area contributed by atoms with Gasteiger partial charge in [-0.25, -0.2) is 4.68 Å². The number of ether oxygens (including phenoxy) is 1. The third-order valence-corrected chi connectivity index (χ3v) is 6.55. The number of nitrogens with zero attached hydrogens (tertiary/aromatic N) is 6. The van der Waals surface area contributed by atoms with Gasteiger partial charge in [-0.3, -0.25) is 14.5 Å². The van der Waals surface area contributed by atoms with E-state index in [1.165, 1.54) is 21.3 Å². The molecule has 3 heterocycles. The molecule has 3 aromatic rings. The highest BCUT2D eigenvalue weighted by atomic mass is 32.2. The van der Waals surface area contributed by atoms with Crippen molar-refractivity contribution in [3.63, 3.8) is 0 Å². The Bertz CT molecular complexity index is 1180. The lowest BCUT2D eigenvalue weighted by molar-refractivity contribution is -0.152. The summed E-state index contributed by atoms with van der Waals surface area (Å²) in [7, 11) is 1.71. The molecule has 31 heavy (non-hydrogen) atoms. The largest absolute Gasteiger partial charge is 0.338 e. The maximum atomic E-state index is 13.7. The first kappa shape index (κ1) is 19.7. The number of amides is 2. The van der Waals surface area contributed by atoms with Gasteiger partial charge in [0.05, 0.1) is 23.7 Å². The summed E-state index contributed by atoms with van der Waals surface area (Å²) in [6.45, 7) is 2.62. The molecule has 9 nitrogen and oxygen atoms in total. The van der Waals surface area contributed by atoms with Crippen LogP contribution in [-0.2, 0) is 33.7 Å². The van der Waals surface area contributed by atoms with E-state index < -0.39 is 5.72 Å². The molecule has 2 aliphatic heterocycles. The number of para-hydroxylation sites is 2. The number of hydrogen-bond acceptors (Lipinski definition) is 7. The van der Waals surface area contributed by atoms with Gasteiger partial charge in [0, 0.05) is 24.7 Å². The van der Waals surface area contributed by atoms with Crippen molar-refractivity contribution in [1.29, 1.82) is 0 Å². The van der Waals surface area contributed by atoms with Crippen molar-refractivity contribution in [1.82, 2.24) is 20.2 Å². The van der Waals surface area contributed by atoms with E-state index >= 15 is 0 Å². The highest BCUT2D eigenvalue weighted by Crippen LogP contribution is 2.50. The summed E-state index contributed by atoms with van der Waals surface area (Å²) in [6, 6.07) is 15.0. The molecule has 1 spiro atoms. The standard InChI is InChI=1S/C21H20N6O3S/c1-3-26-17-11-7-5-9-15(17)21(19(26)29)27(16-10-6-4-8-14(16)12-30-21)18(28)13-31-20-22-23-24-25(20)2/h4-11H,3,12-13H2,1-2H3/t21-/m0/s1. The van der Waals surface area contributed by atoms with Crippen LogP contribution in [0.4, 0.5) is 11.4 Å². The highest BCUT2D eigenvalue weighted by Gasteiger charge is 2.59. The van der Waals surface area contributed by atoms with Crippen LogP contribution in [0.25, 0.3) is 0 Å². The van der Waals surface area contributed by atoms with Crippen molar-refractivity contribution < 1.29 is 14.3 Å². The summed E-state index contributed by atoms with van der Waals surface area (Å²) in [5.74, 6) is -0.472. The Kier molecular flexibility index (Phi) is 4.75. The van der Waals surface area contributed by atoms with Gasteiger partial charge in [-0.15, -0.1) is 5.10 Å². The minimum Gasteiger partial charge on any atom is -0.338 e. The molecule has 2 aromatic carbocycles. The van der Waals surface area contributed by atoms with E-state index in [2.05, 4.69) is 15.5 Å². The van der Waals surface area contributed by atoms with Crippen LogP contribution in [0.15, 0.2) is 53.7 Å². The Labute approximate surface area is 183 Å². The van der Waals surface area contributed by atoms with Crippen molar-refractivity contribution >= 4 is 35.0 Å². The van der Waals surface area contributed by atoms with Crippen LogP contribution in [0.2, 0.25) is 0 Å². The van der Waals surface area contributed by atoms with Crippen molar-refractivity contribution in [2.45, 2.75) is 24.4 Å². The number of aromatic nitrogens is 4. The van der Waals surface area contributed by atoms with Crippen LogP contribution in [0, 0.1) is 0 Å². The quantitative estimate of drug-likeness (QED) is 0.578. The van der Waals surface area contributed by atoms with Gasteiger partial charge in [0.25, 0.3) is 11.6 Å². The monoisotopic (exact) mass is 436 g/mol. The number of tetrazole rings is 1. The zero-order valence-electron chi connectivity index (χ0n) is 17.1. The molecule has 5 rings (SSSR count). The third-order valence-electron chi connectivity index (χ3n) is 5.55. The second-order valence-electron chi connectivity index (χ2n) is 7.23. The SMILES string of the molecule is CCN1C(=O)[C@@]2(OCc3ccccc3N2C(=O)CSc2nnnn2C)c2ccccc21. The summed E-state index contributed by atoms with van der Waals surface area (Å²) in [5, 5.41) is 11.9. The van der Waals surface area contributed by atoms with Gasteiger partial charge in [0.2, 0.25) is 11.1 Å². The molecule has 0 aliphatic carbocycles. The molecule has 0 fully saturated rings. The van der Waals surface area contributed by atoms with Crippen molar-refractivity contribution in [2.24, 2.45) is 7.05 Å². The number of benzene rings is 2. The first-order valence-corrected chi connectivity index (χ1v) is 10.9. The van der Waals surface area contributed by atoms with E-state index in [0.29, 0.717) is 23.0 Å².